The summed E-state index contributed by atoms with van der Waals surface area (Å²) in [5, 5.41) is 9.11. The quantitative estimate of drug-likeness (QED) is 0.806. The molecule has 0 amide bonds. The van der Waals surface area contributed by atoms with Gasteiger partial charge in [0.2, 0.25) is 0 Å². The number of alkyl halides is 3. The Bertz CT molecular complexity index is 511. The van der Waals surface area contributed by atoms with E-state index in [-0.39, 0.29) is 5.56 Å². The van der Waals surface area contributed by atoms with Gasteiger partial charge in [0.25, 0.3) is 0 Å². The molecular formula is C15H17F3N2. The first-order valence-electron chi connectivity index (χ1n) is 6.77. The van der Waals surface area contributed by atoms with E-state index in [4.69, 9.17) is 5.26 Å². The Labute approximate surface area is 116 Å². The molecule has 1 aliphatic carbocycles. The fraction of sp³-hybridized carbons (Fsp3) is 0.533. The standard InChI is InChI=1S/C15H17F3N2/c1-20(13-5-3-2-4-6-13)14-8-7-12(15(16,17)18)9-11(14)10-19/h7-9,13H,2-6H2,1H3. The third-order valence-electron chi connectivity index (χ3n) is 3.95. The second-order valence-corrected chi connectivity index (χ2v) is 5.24. The van der Waals surface area contributed by atoms with E-state index in [9.17, 15) is 13.2 Å². The van der Waals surface area contributed by atoms with Crippen molar-refractivity contribution < 1.29 is 13.2 Å². The fourth-order valence-corrected chi connectivity index (χ4v) is 2.77. The Hall–Kier alpha value is -1.70. The summed E-state index contributed by atoms with van der Waals surface area (Å²) in [6, 6.07) is 5.60. The van der Waals surface area contributed by atoms with E-state index in [1.807, 2.05) is 18.0 Å². The van der Waals surface area contributed by atoms with E-state index in [2.05, 4.69) is 0 Å². The summed E-state index contributed by atoms with van der Waals surface area (Å²) in [5.74, 6) is 0. The summed E-state index contributed by atoms with van der Waals surface area (Å²) in [6.07, 6.45) is 1.13. The van der Waals surface area contributed by atoms with Crippen LogP contribution in [0.15, 0.2) is 18.2 Å². The van der Waals surface area contributed by atoms with E-state index >= 15 is 0 Å². The molecule has 0 N–H and O–H groups in total. The lowest BCUT2D eigenvalue weighted by Crippen LogP contribution is -2.33. The van der Waals surface area contributed by atoms with E-state index in [0.717, 1.165) is 37.8 Å². The van der Waals surface area contributed by atoms with Crippen LogP contribution in [0, 0.1) is 11.3 Å². The highest BCUT2D eigenvalue weighted by Gasteiger charge is 2.31. The van der Waals surface area contributed by atoms with Crippen molar-refractivity contribution in [2.75, 3.05) is 11.9 Å². The van der Waals surface area contributed by atoms with Crippen molar-refractivity contribution in [2.45, 2.75) is 44.3 Å². The highest BCUT2D eigenvalue weighted by atomic mass is 19.4. The lowest BCUT2D eigenvalue weighted by molar-refractivity contribution is -0.137. The lowest BCUT2D eigenvalue weighted by Gasteiger charge is -2.33. The van der Waals surface area contributed by atoms with Crippen molar-refractivity contribution in [1.29, 1.82) is 5.26 Å². The second-order valence-electron chi connectivity index (χ2n) is 5.24. The molecule has 5 heteroatoms. The van der Waals surface area contributed by atoms with Gasteiger partial charge in [0.1, 0.15) is 6.07 Å². The number of hydrogen-bond donors (Lipinski definition) is 0. The number of halogens is 3. The molecule has 1 fully saturated rings. The molecule has 0 atom stereocenters. The van der Waals surface area contributed by atoms with Gasteiger partial charge in [-0.15, -0.1) is 0 Å². The maximum atomic E-state index is 12.7. The van der Waals surface area contributed by atoms with Crippen LogP contribution >= 0.6 is 0 Å². The molecule has 2 nitrogen and oxygen atoms in total. The molecule has 0 unspecified atom stereocenters. The zero-order valence-electron chi connectivity index (χ0n) is 11.4. The van der Waals surface area contributed by atoms with Crippen LogP contribution in [0.2, 0.25) is 0 Å². The zero-order chi connectivity index (χ0) is 14.8. The van der Waals surface area contributed by atoms with Gasteiger partial charge in [0.05, 0.1) is 16.8 Å². The van der Waals surface area contributed by atoms with Crippen molar-refractivity contribution in [3.8, 4) is 6.07 Å². The first-order chi connectivity index (χ1) is 9.43. The molecule has 0 saturated heterocycles. The Kier molecular flexibility index (Phi) is 4.22. The normalized spacial score (nSPS) is 16.8. The van der Waals surface area contributed by atoms with Crippen molar-refractivity contribution >= 4 is 5.69 Å². The first-order valence-corrected chi connectivity index (χ1v) is 6.77. The number of nitriles is 1. The highest BCUT2D eigenvalue weighted by molar-refractivity contribution is 5.61. The van der Waals surface area contributed by atoms with E-state index in [1.54, 1.807) is 0 Å². The van der Waals surface area contributed by atoms with Gasteiger partial charge < -0.3 is 4.90 Å². The van der Waals surface area contributed by atoms with Crippen LogP contribution in [0.25, 0.3) is 0 Å². The molecule has 20 heavy (non-hydrogen) atoms. The molecule has 0 spiro atoms. The van der Waals surface area contributed by atoms with Gasteiger partial charge >= 0.3 is 6.18 Å². The molecule has 0 aromatic heterocycles. The van der Waals surface area contributed by atoms with Crippen molar-refractivity contribution in [2.24, 2.45) is 0 Å². The van der Waals surface area contributed by atoms with Gasteiger partial charge in [-0.1, -0.05) is 19.3 Å². The van der Waals surface area contributed by atoms with Crippen LogP contribution in [0.3, 0.4) is 0 Å². The Morgan fingerprint density at radius 3 is 2.40 bits per heavy atom. The summed E-state index contributed by atoms with van der Waals surface area (Å²) in [4.78, 5) is 1.96. The number of anilines is 1. The van der Waals surface area contributed by atoms with Gasteiger partial charge in [-0.2, -0.15) is 18.4 Å². The summed E-state index contributed by atoms with van der Waals surface area (Å²) >= 11 is 0. The number of nitrogens with zero attached hydrogens (tertiary/aromatic N) is 2. The minimum absolute atomic E-state index is 0.0906. The summed E-state index contributed by atoms with van der Waals surface area (Å²) in [7, 11) is 1.86. The molecule has 1 aromatic rings. The second kappa shape index (κ2) is 5.74. The largest absolute Gasteiger partial charge is 0.416 e. The predicted octanol–water partition coefficient (Wildman–Crippen LogP) is 4.35. The van der Waals surface area contributed by atoms with Crippen LogP contribution in [-0.2, 0) is 6.18 Å². The van der Waals surface area contributed by atoms with Crippen LogP contribution in [0.1, 0.15) is 43.2 Å². The number of rotatable bonds is 2. The van der Waals surface area contributed by atoms with Gasteiger partial charge in [0.15, 0.2) is 0 Å². The molecule has 0 bridgehead atoms. The van der Waals surface area contributed by atoms with Gasteiger partial charge in [-0.05, 0) is 31.0 Å². The lowest BCUT2D eigenvalue weighted by atomic mass is 9.93. The van der Waals surface area contributed by atoms with Crippen LogP contribution in [0.5, 0.6) is 0 Å². The number of benzene rings is 1. The smallest absolute Gasteiger partial charge is 0.371 e. The minimum Gasteiger partial charge on any atom is -0.371 e. The van der Waals surface area contributed by atoms with Crippen molar-refractivity contribution in [3.05, 3.63) is 29.3 Å². The molecular weight excluding hydrogens is 265 g/mol. The van der Waals surface area contributed by atoms with Gasteiger partial charge in [-0.3, -0.25) is 0 Å². The maximum absolute atomic E-state index is 12.7. The van der Waals surface area contributed by atoms with Crippen LogP contribution < -0.4 is 4.90 Å². The summed E-state index contributed by atoms with van der Waals surface area (Å²) in [6.45, 7) is 0. The predicted molar refractivity (Wildman–Crippen MR) is 71.4 cm³/mol. The maximum Gasteiger partial charge on any atom is 0.416 e. The number of hydrogen-bond acceptors (Lipinski definition) is 2. The fourth-order valence-electron chi connectivity index (χ4n) is 2.77. The van der Waals surface area contributed by atoms with Crippen LogP contribution in [0.4, 0.5) is 18.9 Å². The van der Waals surface area contributed by atoms with Crippen molar-refractivity contribution in [1.82, 2.24) is 0 Å². The summed E-state index contributed by atoms with van der Waals surface area (Å²) < 4.78 is 38.0. The minimum atomic E-state index is -4.41. The highest BCUT2D eigenvalue weighted by Crippen LogP contribution is 2.34. The molecule has 1 aromatic carbocycles. The molecule has 1 saturated carbocycles. The Morgan fingerprint density at radius 1 is 1.20 bits per heavy atom. The molecule has 1 aliphatic rings. The van der Waals surface area contributed by atoms with Gasteiger partial charge in [0, 0.05) is 13.1 Å². The van der Waals surface area contributed by atoms with Gasteiger partial charge in [-0.25, -0.2) is 0 Å². The first kappa shape index (κ1) is 14.7. The molecule has 2 rings (SSSR count). The van der Waals surface area contributed by atoms with E-state index in [0.29, 0.717) is 11.7 Å². The molecule has 0 aliphatic heterocycles. The zero-order valence-corrected chi connectivity index (χ0v) is 11.4. The third-order valence-corrected chi connectivity index (χ3v) is 3.95. The Balaban J connectivity index is 2.29. The average Bonchev–Trinajstić information content (AvgIpc) is 2.45. The average molecular weight is 282 g/mol. The van der Waals surface area contributed by atoms with Crippen molar-refractivity contribution in [3.63, 3.8) is 0 Å². The topological polar surface area (TPSA) is 27.0 Å². The monoisotopic (exact) mass is 282 g/mol. The SMILES string of the molecule is CN(c1ccc(C(F)(F)F)cc1C#N)C1CCCCC1. The Morgan fingerprint density at radius 2 is 1.85 bits per heavy atom. The molecule has 0 radical (unpaired) electrons. The molecule has 0 heterocycles. The molecule has 108 valence electrons. The van der Waals surface area contributed by atoms with E-state index in [1.165, 1.54) is 12.5 Å². The third kappa shape index (κ3) is 3.06. The summed E-state index contributed by atoms with van der Waals surface area (Å²) in [5.41, 5.74) is -0.0878. The van der Waals surface area contributed by atoms with E-state index < -0.39 is 11.7 Å². The van der Waals surface area contributed by atoms with Crippen LogP contribution in [-0.4, -0.2) is 13.1 Å².